The molecule has 2 rings (SSSR count). The molecule has 2 aliphatic heterocycles. The molecule has 2 atom stereocenters. The number of hydrogen-bond acceptors (Lipinski definition) is 4. The molecule has 0 aromatic carbocycles. The Kier molecular flexibility index (Phi) is 3.47. The molecule has 1 N–H and O–H groups in total. The Labute approximate surface area is 101 Å². The minimum Gasteiger partial charge on any atom is -0.369 e. The summed E-state index contributed by atoms with van der Waals surface area (Å²) in [5.74, 6) is -2.23. The number of carbonyl (C=O) groups is 2. The van der Waals surface area contributed by atoms with Crippen LogP contribution in [0.5, 0.6) is 0 Å². The summed E-state index contributed by atoms with van der Waals surface area (Å²) < 4.78 is 39.6. The molecule has 18 heavy (non-hydrogen) atoms. The van der Waals surface area contributed by atoms with Crippen LogP contribution in [0.15, 0.2) is 0 Å². The van der Waals surface area contributed by atoms with Crippen LogP contribution in [-0.4, -0.2) is 48.8 Å². The molecular weight excluding hydrogens is 253 g/mol. The van der Waals surface area contributed by atoms with Crippen molar-refractivity contribution in [2.24, 2.45) is 5.92 Å². The Balaban J connectivity index is 1.89. The van der Waals surface area contributed by atoms with Crippen LogP contribution in [0.1, 0.15) is 12.8 Å². The maximum Gasteiger partial charge on any atom is 0.491 e. The average molecular weight is 266 g/mol. The van der Waals surface area contributed by atoms with Crippen molar-refractivity contribution >= 4 is 12.1 Å². The lowest BCUT2D eigenvalue weighted by Crippen LogP contribution is -2.41. The summed E-state index contributed by atoms with van der Waals surface area (Å²) in [4.78, 5) is 23.1. The molecule has 0 spiro atoms. The molecule has 8 heteroatoms. The quantitative estimate of drug-likeness (QED) is 0.522. The third kappa shape index (κ3) is 2.74. The number of likely N-dealkylation sites (tertiary alicyclic amines) is 1. The van der Waals surface area contributed by atoms with Gasteiger partial charge in [-0.2, -0.15) is 13.2 Å². The van der Waals surface area contributed by atoms with Crippen molar-refractivity contribution in [3.63, 3.8) is 0 Å². The number of nitrogens with one attached hydrogen (secondary N) is 1. The first-order valence-corrected chi connectivity index (χ1v) is 5.69. The summed E-state index contributed by atoms with van der Waals surface area (Å²) in [5, 5.41) is 3.19. The van der Waals surface area contributed by atoms with Crippen molar-refractivity contribution < 1.29 is 27.5 Å². The zero-order valence-electron chi connectivity index (χ0n) is 9.50. The number of fused-ring (bicyclic) bond motifs is 1. The van der Waals surface area contributed by atoms with Crippen LogP contribution in [0.4, 0.5) is 18.0 Å². The third-order valence-electron chi connectivity index (χ3n) is 3.27. The third-order valence-corrected chi connectivity index (χ3v) is 3.27. The first-order valence-electron chi connectivity index (χ1n) is 5.69. The van der Waals surface area contributed by atoms with Gasteiger partial charge in [0, 0.05) is 19.1 Å². The molecule has 5 nitrogen and oxygen atoms in total. The molecule has 1 amide bonds. The smallest absolute Gasteiger partial charge is 0.369 e. The largest absolute Gasteiger partial charge is 0.491 e. The standard InChI is InChI=1S/C10H13F3N2O3/c11-10(12,13)8(16)18-9(17)15-4-6-2-1-3-14-7(6)5-15/h6-7,14H,1-5H2/t6-,7+/m0/s1. The van der Waals surface area contributed by atoms with Crippen molar-refractivity contribution in [1.29, 1.82) is 0 Å². The van der Waals surface area contributed by atoms with E-state index < -0.39 is 18.2 Å². The molecule has 2 heterocycles. The van der Waals surface area contributed by atoms with Gasteiger partial charge in [-0.05, 0) is 25.3 Å². The number of rotatable bonds is 0. The van der Waals surface area contributed by atoms with Gasteiger partial charge in [-0.1, -0.05) is 0 Å². The minimum absolute atomic E-state index is 0.0901. The molecule has 0 aromatic rings. The Morgan fingerprint density at radius 2 is 2.00 bits per heavy atom. The number of halogens is 3. The van der Waals surface area contributed by atoms with E-state index in [0.717, 1.165) is 24.3 Å². The van der Waals surface area contributed by atoms with Crippen molar-refractivity contribution in [2.45, 2.75) is 25.1 Å². The Morgan fingerprint density at radius 1 is 1.28 bits per heavy atom. The minimum atomic E-state index is -5.14. The van der Waals surface area contributed by atoms with Gasteiger partial charge < -0.3 is 15.0 Å². The molecule has 0 radical (unpaired) electrons. The van der Waals surface area contributed by atoms with Gasteiger partial charge in [-0.25, -0.2) is 9.59 Å². The zero-order chi connectivity index (χ0) is 13.3. The predicted octanol–water partition coefficient (Wildman–Crippen LogP) is 0.896. The summed E-state index contributed by atoms with van der Waals surface area (Å²) in [6.45, 7) is 1.46. The second-order valence-electron chi connectivity index (χ2n) is 4.52. The van der Waals surface area contributed by atoms with Crippen molar-refractivity contribution in [1.82, 2.24) is 10.2 Å². The van der Waals surface area contributed by atoms with Gasteiger partial charge in [0.1, 0.15) is 0 Å². The van der Waals surface area contributed by atoms with E-state index in [9.17, 15) is 22.8 Å². The van der Waals surface area contributed by atoms with Gasteiger partial charge in [0.05, 0.1) is 0 Å². The highest BCUT2D eigenvalue weighted by molar-refractivity contribution is 5.87. The second-order valence-corrected chi connectivity index (χ2v) is 4.52. The van der Waals surface area contributed by atoms with Gasteiger partial charge in [-0.3, -0.25) is 0 Å². The number of ether oxygens (including phenoxy) is 1. The number of carbonyl (C=O) groups excluding carboxylic acids is 2. The van der Waals surface area contributed by atoms with Crippen LogP contribution < -0.4 is 5.32 Å². The highest BCUT2D eigenvalue weighted by atomic mass is 19.4. The molecule has 2 saturated heterocycles. The van der Waals surface area contributed by atoms with E-state index in [1.165, 1.54) is 0 Å². The summed E-state index contributed by atoms with van der Waals surface area (Å²) in [6, 6.07) is 0.0901. The second kappa shape index (κ2) is 4.75. The van der Waals surface area contributed by atoms with Gasteiger partial charge in [0.2, 0.25) is 0 Å². The number of hydrogen-bond donors (Lipinski definition) is 1. The molecule has 2 fully saturated rings. The number of nitrogens with zero attached hydrogens (tertiary/aromatic N) is 1. The first-order chi connectivity index (χ1) is 8.38. The number of piperidine rings is 1. The predicted molar refractivity (Wildman–Crippen MR) is 53.6 cm³/mol. The maximum atomic E-state index is 11.9. The molecule has 0 saturated carbocycles. The Bertz CT molecular complexity index is 345. The van der Waals surface area contributed by atoms with Crippen LogP contribution in [0, 0.1) is 5.92 Å². The lowest BCUT2D eigenvalue weighted by Gasteiger charge is -2.24. The van der Waals surface area contributed by atoms with E-state index in [0.29, 0.717) is 6.54 Å². The molecule has 0 aliphatic carbocycles. The zero-order valence-corrected chi connectivity index (χ0v) is 9.50. The molecular formula is C10H13F3N2O3. The summed E-state index contributed by atoms with van der Waals surface area (Å²) in [7, 11) is 0. The van der Waals surface area contributed by atoms with Crippen LogP contribution in [-0.2, 0) is 9.53 Å². The highest BCUT2D eigenvalue weighted by Gasteiger charge is 2.44. The highest BCUT2D eigenvalue weighted by Crippen LogP contribution is 2.26. The average Bonchev–Trinajstić information content (AvgIpc) is 2.71. The lowest BCUT2D eigenvalue weighted by molar-refractivity contribution is -0.193. The van der Waals surface area contributed by atoms with Crippen LogP contribution >= 0.6 is 0 Å². The fourth-order valence-electron chi connectivity index (χ4n) is 2.40. The summed E-state index contributed by atoms with van der Waals surface area (Å²) >= 11 is 0. The van der Waals surface area contributed by atoms with Crippen molar-refractivity contribution in [3.05, 3.63) is 0 Å². The molecule has 0 aromatic heterocycles. The van der Waals surface area contributed by atoms with Crippen molar-refractivity contribution in [3.8, 4) is 0 Å². The van der Waals surface area contributed by atoms with E-state index in [-0.39, 0.29) is 18.5 Å². The summed E-state index contributed by atoms with van der Waals surface area (Å²) in [5.41, 5.74) is 0. The normalized spacial score (nSPS) is 27.8. The van der Waals surface area contributed by atoms with Gasteiger partial charge >= 0.3 is 18.2 Å². The lowest BCUT2D eigenvalue weighted by atomic mass is 9.94. The Morgan fingerprint density at radius 3 is 2.61 bits per heavy atom. The van der Waals surface area contributed by atoms with E-state index >= 15 is 0 Å². The van der Waals surface area contributed by atoms with E-state index in [2.05, 4.69) is 10.1 Å². The Hall–Kier alpha value is -1.31. The van der Waals surface area contributed by atoms with Crippen LogP contribution in [0.3, 0.4) is 0 Å². The first kappa shape index (κ1) is 13.1. The maximum absolute atomic E-state index is 11.9. The number of esters is 1. The van der Waals surface area contributed by atoms with Crippen molar-refractivity contribution in [2.75, 3.05) is 19.6 Å². The summed E-state index contributed by atoms with van der Waals surface area (Å²) in [6.07, 6.45) is -4.45. The molecule has 0 unspecified atom stereocenters. The fraction of sp³-hybridized carbons (Fsp3) is 0.800. The van der Waals surface area contributed by atoms with Crippen LogP contribution in [0.2, 0.25) is 0 Å². The topological polar surface area (TPSA) is 58.6 Å². The molecule has 0 bridgehead atoms. The van der Waals surface area contributed by atoms with Crippen LogP contribution in [0.25, 0.3) is 0 Å². The van der Waals surface area contributed by atoms with Gasteiger partial charge in [-0.15, -0.1) is 0 Å². The van der Waals surface area contributed by atoms with Gasteiger partial charge in [0.15, 0.2) is 0 Å². The number of amides is 1. The van der Waals surface area contributed by atoms with Gasteiger partial charge in [0.25, 0.3) is 0 Å². The SMILES string of the molecule is O=C(OC(=O)C(F)(F)F)N1C[C@@H]2CCCN[C@@H]2C1. The number of alkyl halides is 3. The fourth-order valence-corrected chi connectivity index (χ4v) is 2.40. The molecule has 102 valence electrons. The van der Waals surface area contributed by atoms with E-state index in [1.807, 2.05) is 0 Å². The monoisotopic (exact) mass is 266 g/mol. The van der Waals surface area contributed by atoms with E-state index in [1.54, 1.807) is 0 Å². The molecule has 2 aliphatic rings. The van der Waals surface area contributed by atoms with E-state index in [4.69, 9.17) is 0 Å².